The minimum atomic E-state index is -0.620. The van der Waals surface area contributed by atoms with E-state index in [9.17, 15) is 14.4 Å². The molecule has 0 bridgehead atoms. The molecule has 1 N–H and O–H groups in total. The lowest BCUT2D eigenvalue weighted by Gasteiger charge is -2.33. The van der Waals surface area contributed by atoms with Gasteiger partial charge in [-0.15, -0.1) is 0 Å². The molecule has 1 aromatic heterocycles. The lowest BCUT2D eigenvalue weighted by molar-refractivity contribution is 0.00696. The van der Waals surface area contributed by atoms with Gasteiger partial charge in [-0.1, -0.05) is 18.2 Å². The van der Waals surface area contributed by atoms with Gasteiger partial charge in [0.2, 0.25) is 0 Å². The Morgan fingerprint density at radius 1 is 0.976 bits per heavy atom. The second-order valence-corrected chi connectivity index (χ2v) is 12.9. The number of nitrogens with zero attached hydrogens (tertiary/aromatic N) is 1. The first-order valence-electron chi connectivity index (χ1n) is 14.3. The fourth-order valence-electron chi connectivity index (χ4n) is 5.08. The summed E-state index contributed by atoms with van der Waals surface area (Å²) in [5.41, 5.74) is 2.10. The standard InChI is InChI=1S/C33H42N2O6/c1-20-17-24(21(2)34-26-12-10-9-11-23(26)30(37)40-32(3,4)5)29-25(18-20)27(36)19-28(39-29)22-13-15-35(16-14-22)31(38)41-33(6,7)8/h9-12,17-19,21-22,34H,13-16H2,1-8H3. The van der Waals surface area contributed by atoms with Gasteiger partial charge >= 0.3 is 12.1 Å². The van der Waals surface area contributed by atoms with E-state index in [-0.39, 0.29) is 23.5 Å². The van der Waals surface area contributed by atoms with Crippen molar-refractivity contribution in [1.29, 1.82) is 0 Å². The number of nitrogens with one attached hydrogen (secondary N) is 1. The van der Waals surface area contributed by atoms with E-state index in [0.717, 1.165) is 11.1 Å². The molecule has 220 valence electrons. The van der Waals surface area contributed by atoms with Gasteiger partial charge in [0.25, 0.3) is 0 Å². The van der Waals surface area contributed by atoms with Crippen LogP contribution in [0.5, 0.6) is 0 Å². The van der Waals surface area contributed by atoms with Crippen molar-refractivity contribution < 1.29 is 23.5 Å². The zero-order chi connectivity index (χ0) is 30.1. The quantitative estimate of drug-likeness (QED) is 0.325. The predicted molar refractivity (Wildman–Crippen MR) is 161 cm³/mol. The summed E-state index contributed by atoms with van der Waals surface area (Å²) in [7, 11) is 0. The van der Waals surface area contributed by atoms with E-state index < -0.39 is 17.2 Å². The highest BCUT2D eigenvalue weighted by Crippen LogP contribution is 2.34. The molecule has 0 spiro atoms. The van der Waals surface area contributed by atoms with Crippen molar-refractivity contribution in [2.75, 3.05) is 18.4 Å². The maximum absolute atomic E-state index is 13.3. The predicted octanol–water partition coefficient (Wildman–Crippen LogP) is 7.34. The number of likely N-dealkylation sites (tertiary alicyclic amines) is 1. The molecule has 8 heteroatoms. The summed E-state index contributed by atoms with van der Waals surface area (Å²) >= 11 is 0. The average molecular weight is 563 g/mol. The normalized spacial score (nSPS) is 15.5. The summed E-state index contributed by atoms with van der Waals surface area (Å²) < 4.78 is 17.6. The summed E-state index contributed by atoms with van der Waals surface area (Å²) in [6, 6.07) is 12.4. The zero-order valence-corrected chi connectivity index (χ0v) is 25.4. The number of anilines is 1. The van der Waals surface area contributed by atoms with Crippen LogP contribution in [0.2, 0.25) is 0 Å². The number of carbonyl (C=O) groups excluding carboxylic acids is 2. The summed E-state index contributed by atoms with van der Waals surface area (Å²) in [5.74, 6) is 0.224. The Hall–Kier alpha value is -3.81. The van der Waals surface area contributed by atoms with Crippen molar-refractivity contribution in [3.63, 3.8) is 0 Å². The number of hydrogen-bond donors (Lipinski definition) is 1. The lowest BCUT2D eigenvalue weighted by Crippen LogP contribution is -2.41. The number of aryl methyl sites for hydroxylation is 1. The SMILES string of the molecule is Cc1cc(C(C)Nc2ccccc2C(=O)OC(C)(C)C)c2oc(C3CCN(C(=O)OC(C)(C)C)CC3)cc(=O)c2c1. The third-order valence-electron chi connectivity index (χ3n) is 6.95. The second kappa shape index (κ2) is 11.6. The van der Waals surface area contributed by atoms with Gasteiger partial charge in [0.05, 0.1) is 17.0 Å². The Morgan fingerprint density at radius 3 is 2.24 bits per heavy atom. The van der Waals surface area contributed by atoms with Crippen molar-refractivity contribution >= 4 is 28.7 Å². The van der Waals surface area contributed by atoms with Gasteiger partial charge < -0.3 is 24.1 Å². The van der Waals surface area contributed by atoms with Crippen molar-refractivity contribution in [2.45, 2.75) is 91.4 Å². The van der Waals surface area contributed by atoms with Crippen molar-refractivity contribution in [2.24, 2.45) is 0 Å². The third-order valence-corrected chi connectivity index (χ3v) is 6.95. The highest BCUT2D eigenvalue weighted by molar-refractivity contribution is 5.96. The number of fused-ring (bicyclic) bond motifs is 1. The minimum absolute atomic E-state index is 0.0103. The van der Waals surface area contributed by atoms with Crippen molar-refractivity contribution in [3.8, 4) is 0 Å². The van der Waals surface area contributed by atoms with Crippen LogP contribution in [0.15, 0.2) is 51.7 Å². The summed E-state index contributed by atoms with van der Waals surface area (Å²) in [6.07, 6.45) is 1.03. The molecule has 2 heterocycles. The number of rotatable bonds is 5. The van der Waals surface area contributed by atoms with E-state index in [2.05, 4.69) is 5.32 Å². The molecule has 1 aliphatic heterocycles. The van der Waals surface area contributed by atoms with Crippen molar-refractivity contribution in [1.82, 2.24) is 4.90 Å². The number of carbonyl (C=O) groups is 2. The molecule has 4 rings (SSSR count). The molecule has 3 aromatic rings. The van der Waals surface area contributed by atoms with Crippen LogP contribution >= 0.6 is 0 Å². The van der Waals surface area contributed by atoms with E-state index in [1.54, 1.807) is 23.1 Å². The fourth-order valence-corrected chi connectivity index (χ4v) is 5.08. The number of para-hydroxylation sites is 1. The smallest absolute Gasteiger partial charge is 0.410 e. The number of hydrogen-bond acceptors (Lipinski definition) is 7. The molecular weight excluding hydrogens is 520 g/mol. The van der Waals surface area contributed by atoms with E-state index in [1.165, 1.54) is 0 Å². The summed E-state index contributed by atoms with van der Waals surface area (Å²) in [4.78, 5) is 40.4. The Bertz CT molecular complexity index is 1490. The zero-order valence-electron chi connectivity index (χ0n) is 25.4. The fraction of sp³-hybridized carbons (Fsp3) is 0.485. The lowest BCUT2D eigenvalue weighted by atomic mass is 9.93. The number of piperidine rings is 1. The van der Waals surface area contributed by atoms with Crippen LogP contribution in [0, 0.1) is 6.92 Å². The number of amides is 1. The highest BCUT2D eigenvalue weighted by atomic mass is 16.6. The van der Waals surface area contributed by atoms with Gasteiger partial charge in [-0.2, -0.15) is 0 Å². The van der Waals surface area contributed by atoms with Crippen LogP contribution in [0.1, 0.15) is 101 Å². The number of ether oxygens (including phenoxy) is 2. The van der Waals surface area contributed by atoms with Crippen LogP contribution in [0.4, 0.5) is 10.5 Å². The van der Waals surface area contributed by atoms with Gasteiger partial charge in [0.1, 0.15) is 22.5 Å². The second-order valence-electron chi connectivity index (χ2n) is 12.9. The van der Waals surface area contributed by atoms with E-state index in [4.69, 9.17) is 13.9 Å². The summed E-state index contributed by atoms with van der Waals surface area (Å²) in [6.45, 7) is 16.1. The first-order chi connectivity index (χ1) is 19.1. The van der Waals surface area contributed by atoms with Crippen LogP contribution in [-0.4, -0.2) is 41.3 Å². The molecule has 0 radical (unpaired) electrons. The molecule has 1 unspecified atom stereocenters. The van der Waals surface area contributed by atoms with Gasteiger partial charge in [0.15, 0.2) is 5.43 Å². The first-order valence-corrected chi connectivity index (χ1v) is 14.3. The number of esters is 1. The molecule has 1 saturated heterocycles. The van der Waals surface area contributed by atoms with Gasteiger partial charge in [-0.25, -0.2) is 9.59 Å². The molecule has 41 heavy (non-hydrogen) atoms. The van der Waals surface area contributed by atoms with Gasteiger partial charge in [-0.3, -0.25) is 4.79 Å². The summed E-state index contributed by atoms with van der Waals surface area (Å²) in [5, 5.41) is 3.96. The highest BCUT2D eigenvalue weighted by Gasteiger charge is 2.29. The van der Waals surface area contributed by atoms with E-state index in [1.807, 2.05) is 79.7 Å². The van der Waals surface area contributed by atoms with Crippen LogP contribution in [-0.2, 0) is 9.47 Å². The minimum Gasteiger partial charge on any atom is -0.460 e. The molecule has 2 aromatic carbocycles. The first kappa shape index (κ1) is 30.2. The Labute approximate surface area is 242 Å². The van der Waals surface area contributed by atoms with E-state index >= 15 is 0 Å². The van der Waals surface area contributed by atoms with Gasteiger partial charge in [-0.05, 0) is 92.0 Å². The third kappa shape index (κ3) is 7.48. The Balaban J connectivity index is 1.61. The Morgan fingerprint density at radius 2 is 1.61 bits per heavy atom. The largest absolute Gasteiger partial charge is 0.460 e. The molecule has 1 atom stereocenters. The molecule has 1 aliphatic rings. The van der Waals surface area contributed by atoms with Crippen molar-refractivity contribution in [3.05, 3.63) is 75.1 Å². The maximum atomic E-state index is 13.3. The molecule has 1 amide bonds. The van der Waals surface area contributed by atoms with Gasteiger partial charge in [0, 0.05) is 36.3 Å². The van der Waals surface area contributed by atoms with Crippen LogP contribution in [0.3, 0.4) is 0 Å². The molecule has 0 aliphatic carbocycles. The van der Waals surface area contributed by atoms with Crippen LogP contribution in [0.25, 0.3) is 11.0 Å². The molecule has 0 saturated carbocycles. The van der Waals surface area contributed by atoms with Crippen LogP contribution < -0.4 is 10.7 Å². The molecule has 8 nitrogen and oxygen atoms in total. The average Bonchev–Trinajstić information content (AvgIpc) is 2.87. The van der Waals surface area contributed by atoms with E-state index in [0.29, 0.717) is 53.9 Å². The maximum Gasteiger partial charge on any atom is 0.410 e. The number of benzene rings is 2. The molecular formula is C33H42N2O6. The molecule has 1 fully saturated rings. The monoisotopic (exact) mass is 562 g/mol. The Kier molecular flexibility index (Phi) is 8.52. The topological polar surface area (TPSA) is 98.1 Å².